The fourth-order valence-electron chi connectivity index (χ4n) is 0.684. The molecule has 0 bridgehead atoms. The summed E-state index contributed by atoms with van der Waals surface area (Å²) in [5.41, 5.74) is -2.97. The van der Waals surface area contributed by atoms with E-state index < -0.39 is 36.4 Å². The normalized spacial score (nSPS) is 10.1. The average molecular weight is 259 g/mol. The first kappa shape index (κ1) is 15.5. The topological polar surface area (TPSA) is 141 Å². The van der Waals surface area contributed by atoms with Crippen LogP contribution in [0.1, 0.15) is 12.8 Å². The van der Waals surface area contributed by atoms with Gasteiger partial charge in [-0.05, 0) is 0 Å². The van der Waals surface area contributed by atoms with Gasteiger partial charge in [0, 0.05) is 44.6 Å². The van der Waals surface area contributed by atoms with E-state index in [-0.39, 0.29) is 19.8 Å². The van der Waals surface area contributed by atoms with Crippen LogP contribution in [0.5, 0.6) is 0 Å². The van der Waals surface area contributed by atoms with Crippen molar-refractivity contribution in [3.8, 4) is 0 Å². The van der Waals surface area contributed by atoms with Crippen LogP contribution in [-0.2, 0) is 14.4 Å². The number of carboxylic acids is 3. The molecule has 8 heteroatoms. The van der Waals surface area contributed by atoms with Crippen LogP contribution in [0.3, 0.4) is 0 Å². The predicted molar refractivity (Wildman–Crippen MR) is 35.0 cm³/mol. The van der Waals surface area contributed by atoms with Crippen LogP contribution in [0.15, 0.2) is 0 Å². The van der Waals surface area contributed by atoms with E-state index in [0.29, 0.717) is 0 Å². The molecule has 77 valence electrons. The van der Waals surface area contributed by atoms with Gasteiger partial charge in [-0.3, -0.25) is 0 Å². The minimum Gasteiger partial charge on any atom is -0.550 e. The third-order valence-corrected chi connectivity index (χ3v) is 1.25. The Morgan fingerprint density at radius 3 is 1.43 bits per heavy atom. The Kier molecular flexibility index (Phi) is 6.28. The molecule has 0 aromatic carbocycles. The summed E-state index contributed by atoms with van der Waals surface area (Å²) in [5.74, 6) is -5.98. The molecule has 0 aromatic heterocycles. The molecule has 0 aromatic rings. The SMILES string of the molecule is O=C([O-])CC(O)(CC(=O)[O-])C(=O)[O-].[Ga]. The molecule has 0 atom stereocenters. The Morgan fingerprint density at radius 1 is 1.00 bits per heavy atom. The second kappa shape index (κ2) is 5.68. The molecule has 0 unspecified atom stereocenters. The van der Waals surface area contributed by atoms with E-state index in [1.807, 2.05) is 0 Å². The molecule has 0 aliphatic rings. The Balaban J connectivity index is 0. The maximum Gasteiger partial charge on any atom is 0.114 e. The van der Waals surface area contributed by atoms with Crippen molar-refractivity contribution >= 4 is 37.7 Å². The summed E-state index contributed by atoms with van der Waals surface area (Å²) in [6.07, 6.45) is -2.72. The minimum atomic E-state index is -2.97. The van der Waals surface area contributed by atoms with Crippen molar-refractivity contribution in [3.63, 3.8) is 0 Å². The summed E-state index contributed by atoms with van der Waals surface area (Å²) >= 11 is 0. The number of carbonyl (C=O) groups is 3. The van der Waals surface area contributed by atoms with Gasteiger partial charge in [-0.2, -0.15) is 0 Å². The first-order valence-electron chi connectivity index (χ1n) is 3.11. The van der Waals surface area contributed by atoms with Crippen LogP contribution in [0.25, 0.3) is 0 Å². The van der Waals surface area contributed by atoms with E-state index in [2.05, 4.69) is 0 Å². The fourth-order valence-corrected chi connectivity index (χ4v) is 0.684. The van der Waals surface area contributed by atoms with Crippen molar-refractivity contribution in [3.05, 3.63) is 0 Å². The van der Waals surface area contributed by atoms with Crippen LogP contribution in [-0.4, -0.2) is 48.4 Å². The van der Waals surface area contributed by atoms with Gasteiger partial charge in [-0.1, -0.05) is 0 Å². The molecule has 0 rings (SSSR count). The molecule has 7 nitrogen and oxygen atoms in total. The molecule has 0 aliphatic heterocycles. The number of rotatable bonds is 5. The molecule has 3 radical (unpaired) electrons. The van der Waals surface area contributed by atoms with Crippen LogP contribution >= 0.6 is 0 Å². The molecule has 0 saturated carbocycles. The summed E-state index contributed by atoms with van der Waals surface area (Å²) in [5, 5.41) is 38.9. The molecule has 1 N–H and O–H groups in total. The third kappa shape index (κ3) is 4.89. The van der Waals surface area contributed by atoms with E-state index in [9.17, 15) is 29.7 Å². The van der Waals surface area contributed by atoms with E-state index in [1.165, 1.54) is 0 Å². The van der Waals surface area contributed by atoms with E-state index in [0.717, 1.165) is 0 Å². The van der Waals surface area contributed by atoms with Crippen molar-refractivity contribution in [1.82, 2.24) is 0 Å². The molecule has 0 aliphatic carbocycles. The zero-order valence-electron chi connectivity index (χ0n) is 6.89. The standard InChI is InChI=1S/C6H8O7.Ga/c7-3(8)1-6(13,5(11)12)2-4(9)10;/h13H,1-2H2,(H,7,8)(H,9,10)(H,11,12);/p-3. The van der Waals surface area contributed by atoms with Crippen molar-refractivity contribution in [2.24, 2.45) is 0 Å². The molecule has 0 fully saturated rings. The van der Waals surface area contributed by atoms with Gasteiger partial charge in [-0.25, -0.2) is 0 Å². The molecule has 0 heterocycles. The van der Waals surface area contributed by atoms with E-state index in [4.69, 9.17) is 5.11 Å². The summed E-state index contributed by atoms with van der Waals surface area (Å²) in [7, 11) is 0. The number of aliphatic carboxylic acids is 3. The van der Waals surface area contributed by atoms with Crippen LogP contribution < -0.4 is 15.3 Å². The van der Waals surface area contributed by atoms with Crippen LogP contribution in [0.4, 0.5) is 0 Å². The maximum absolute atomic E-state index is 10.1. The Labute approximate surface area is 91.4 Å². The van der Waals surface area contributed by atoms with Crippen molar-refractivity contribution < 1.29 is 34.8 Å². The maximum atomic E-state index is 10.1. The molecule has 0 spiro atoms. The van der Waals surface area contributed by atoms with Gasteiger partial charge in [0.15, 0.2) is 0 Å². The second-order valence-electron chi connectivity index (χ2n) is 2.42. The van der Waals surface area contributed by atoms with Crippen molar-refractivity contribution in [2.45, 2.75) is 18.4 Å². The minimum absolute atomic E-state index is 0. The zero-order valence-corrected chi connectivity index (χ0v) is 9.31. The summed E-state index contributed by atoms with van der Waals surface area (Å²) < 4.78 is 0. The molecular weight excluding hydrogens is 254 g/mol. The van der Waals surface area contributed by atoms with E-state index in [1.54, 1.807) is 0 Å². The fraction of sp³-hybridized carbons (Fsp3) is 0.500. The predicted octanol–water partition coefficient (Wildman–Crippen LogP) is -5.63. The van der Waals surface area contributed by atoms with Crippen LogP contribution in [0.2, 0.25) is 0 Å². The Bertz CT molecular complexity index is 233. The molecule has 0 saturated heterocycles. The first-order valence-corrected chi connectivity index (χ1v) is 3.11. The van der Waals surface area contributed by atoms with Gasteiger partial charge in [0.2, 0.25) is 0 Å². The number of hydrogen-bond acceptors (Lipinski definition) is 7. The third-order valence-electron chi connectivity index (χ3n) is 1.25. The quantitative estimate of drug-likeness (QED) is 0.485. The van der Waals surface area contributed by atoms with Crippen molar-refractivity contribution in [2.75, 3.05) is 0 Å². The van der Waals surface area contributed by atoms with Gasteiger partial charge in [0.1, 0.15) is 5.60 Å². The summed E-state index contributed by atoms with van der Waals surface area (Å²) in [4.78, 5) is 30.0. The monoisotopic (exact) mass is 258 g/mol. The Hall–Kier alpha value is -0.994. The van der Waals surface area contributed by atoms with Gasteiger partial charge in [-0.15, -0.1) is 0 Å². The van der Waals surface area contributed by atoms with Gasteiger partial charge in [0.05, 0.1) is 5.97 Å². The Morgan fingerprint density at radius 2 is 1.29 bits per heavy atom. The van der Waals surface area contributed by atoms with Crippen molar-refractivity contribution in [1.29, 1.82) is 0 Å². The molecular formula is C6H5GaO7-3. The first-order chi connectivity index (χ1) is 5.78. The van der Waals surface area contributed by atoms with Crippen LogP contribution in [0, 0.1) is 0 Å². The summed E-state index contributed by atoms with van der Waals surface area (Å²) in [6, 6.07) is 0. The van der Waals surface area contributed by atoms with E-state index >= 15 is 0 Å². The smallest absolute Gasteiger partial charge is 0.114 e. The number of aliphatic hydroxyl groups is 1. The largest absolute Gasteiger partial charge is 0.550 e. The average Bonchev–Trinajstić information content (AvgIpc) is 1.82. The molecule has 14 heavy (non-hydrogen) atoms. The number of carbonyl (C=O) groups excluding carboxylic acids is 3. The second-order valence-corrected chi connectivity index (χ2v) is 2.42. The zero-order chi connectivity index (χ0) is 10.6. The molecule has 0 amide bonds. The summed E-state index contributed by atoms with van der Waals surface area (Å²) in [6.45, 7) is 0. The van der Waals surface area contributed by atoms with Gasteiger partial charge >= 0.3 is 0 Å². The van der Waals surface area contributed by atoms with Gasteiger partial charge in [0.25, 0.3) is 0 Å². The number of hydrogen-bond donors (Lipinski definition) is 1. The van der Waals surface area contributed by atoms with Gasteiger partial charge < -0.3 is 34.8 Å². The number of carboxylic acid groups (broad SMARTS) is 3.